The molecule has 110 valence electrons. The van der Waals surface area contributed by atoms with Crippen molar-refractivity contribution in [1.29, 1.82) is 0 Å². The summed E-state index contributed by atoms with van der Waals surface area (Å²) in [4.78, 5) is 2.20. The molecule has 0 bridgehead atoms. The third-order valence-electron chi connectivity index (χ3n) is 5.09. The van der Waals surface area contributed by atoms with Crippen molar-refractivity contribution in [2.45, 2.75) is 45.1 Å². The van der Waals surface area contributed by atoms with Gasteiger partial charge in [-0.1, -0.05) is 25.3 Å². The molecule has 0 amide bonds. The second kappa shape index (κ2) is 5.72. The van der Waals surface area contributed by atoms with Gasteiger partial charge in [0, 0.05) is 13.1 Å². The van der Waals surface area contributed by atoms with Crippen molar-refractivity contribution in [2.75, 3.05) is 18.0 Å². The Bertz CT molecular complexity index is 474. The lowest BCUT2D eigenvalue weighted by molar-refractivity contribution is 0.198. The molecular weight excluding hydrogens is 253 g/mol. The molecule has 1 N–H and O–H groups in total. The Morgan fingerprint density at radius 3 is 2.65 bits per heavy atom. The lowest BCUT2D eigenvalue weighted by Gasteiger charge is -2.42. The van der Waals surface area contributed by atoms with Crippen molar-refractivity contribution in [2.24, 2.45) is 11.8 Å². The number of rotatable bonds is 2. The second-order valence-corrected chi connectivity index (χ2v) is 6.43. The summed E-state index contributed by atoms with van der Waals surface area (Å²) in [6.07, 6.45) is 5.96. The standard InChI is InChI=1S/C17H24FNO/c1-12(20)14-6-7-17(16(18)10-14)19-9-8-13-4-2-3-5-15(13)11-19/h6-7,10,12-13,15,20H,2-5,8-9,11H2,1H3/t12-,13?,15?/m1/s1. The fraction of sp³-hybridized carbons (Fsp3) is 0.647. The number of benzene rings is 1. The summed E-state index contributed by atoms with van der Waals surface area (Å²) in [6, 6.07) is 5.16. The van der Waals surface area contributed by atoms with Crippen molar-refractivity contribution in [3.8, 4) is 0 Å². The molecule has 2 nitrogen and oxygen atoms in total. The maximum Gasteiger partial charge on any atom is 0.146 e. The van der Waals surface area contributed by atoms with Gasteiger partial charge in [0.05, 0.1) is 11.8 Å². The molecule has 20 heavy (non-hydrogen) atoms. The van der Waals surface area contributed by atoms with Crippen LogP contribution in [0.3, 0.4) is 0 Å². The maximum atomic E-state index is 14.3. The normalized spacial score (nSPS) is 28.1. The van der Waals surface area contributed by atoms with E-state index in [2.05, 4.69) is 4.90 Å². The fourth-order valence-electron chi connectivity index (χ4n) is 3.86. The molecule has 2 unspecified atom stereocenters. The van der Waals surface area contributed by atoms with E-state index in [-0.39, 0.29) is 5.82 Å². The molecule has 1 aliphatic heterocycles. The van der Waals surface area contributed by atoms with E-state index in [0.717, 1.165) is 24.9 Å². The first kappa shape index (κ1) is 13.9. The van der Waals surface area contributed by atoms with Crippen LogP contribution in [0.4, 0.5) is 10.1 Å². The third kappa shape index (κ3) is 2.69. The van der Waals surface area contributed by atoms with Gasteiger partial charge in [0.2, 0.25) is 0 Å². The van der Waals surface area contributed by atoms with Gasteiger partial charge in [-0.3, -0.25) is 0 Å². The zero-order valence-corrected chi connectivity index (χ0v) is 12.2. The van der Waals surface area contributed by atoms with E-state index in [1.54, 1.807) is 6.92 Å². The molecule has 2 aliphatic rings. The SMILES string of the molecule is C[C@@H](O)c1ccc(N2CCC3CCCCC3C2)c(F)c1. The summed E-state index contributed by atoms with van der Waals surface area (Å²) in [5.74, 6) is 1.41. The number of hydrogen-bond donors (Lipinski definition) is 1. The van der Waals surface area contributed by atoms with Crippen LogP contribution in [0.1, 0.15) is 50.7 Å². The Morgan fingerprint density at radius 1 is 1.20 bits per heavy atom. The van der Waals surface area contributed by atoms with Crippen LogP contribution in [0.2, 0.25) is 0 Å². The van der Waals surface area contributed by atoms with Crippen LogP contribution < -0.4 is 4.90 Å². The van der Waals surface area contributed by atoms with E-state index in [0.29, 0.717) is 11.3 Å². The largest absolute Gasteiger partial charge is 0.389 e. The molecule has 3 rings (SSSR count). The van der Waals surface area contributed by atoms with E-state index in [9.17, 15) is 9.50 Å². The first-order valence-electron chi connectivity index (χ1n) is 7.87. The Hall–Kier alpha value is -1.09. The van der Waals surface area contributed by atoms with Gasteiger partial charge >= 0.3 is 0 Å². The molecule has 1 saturated carbocycles. The first-order chi connectivity index (χ1) is 9.65. The van der Waals surface area contributed by atoms with Gasteiger partial charge in [-0.05, 0) is 49.3 Å². The van der Waals surface area contributed by atoms with Gasteiger partial charge in [0.25, 0.3) is 0 Å². The van der Waals surface area contributed by atoms with Gasteiger partial charge < -0.3 is 10.0 Å². The van der Waals surface area contributed by atoms with Crippen molar-refractivity contribution < 1.29 is 9.50 Å². The summed E-state index contributed by atoms with van der Waals surface area (Å²) in [7, 11) is 0. The lowest BCUT2D eigenvalue weighted by Crippen LogP contribution is -2.42. The zero-order chi connectivity index (χ0) is 14.1. The molecule has 2 fully saturated rings. The average molecular weight is 277 g/mol. The van der Waals surface area contributed by atoms with Crippen LogP contribution in [-0.2, 0) is 0 Å². The molecule has 3 heteroatoms. The summed E-state index contributed by atoms with van der Waals surface area (Å²) in [5.41, 5.74) is 1.36. The first-order valence-corrected chi connectivity index (χ1v) is 7.87. The van der Waals surface area contributed by atoms with Crippen LogP contribution in [0.5, 0.6) is 0 Å². The number of aliphatic hydroxyl groups is 1. The number of piperidine rings is 1. The highest BCUT2D eigenvalue weighted by Crippen LogP contribution is 2.38. The van der Waals surface area contributed by atoms with Gasteiger partial charge in [-0.2, -0.15) is 0 Å². The Balaban J connectivity index is 1.76. The van der Waals surface area contributed by atoms with E-state index in [1.807, 2.05) is 12.1 Å². The van der Waals surface area contributed by atoms with Crippen LogP contribution in [0, 0.1) is 17.7 Å². The average Bonchev–Trinajstić information content (AvgIpc) is 2.46. The summed E-state index contributed by atoms with van der Waals surface area (Å²) >= 11 is 0. The van der Waals surface area contributed by atoms with Crippen LogP contribution in [0.25, 0.3) is 0 Å². The number of halogens is 1. The van der Waals surface area contributed by atoms with E-state index in [4.69, 9.17) is 0 Å². The minimum atomic E-state index is -0.609. The molecule has 3 atom stereocenters. The van der Waals surface area contributed by atoms with Crippen molar-refractivity contribution >= 4 is 5.69 Å². The van der Waals surface area contributed by atoms with Gasteiger partial charge in [-0.15, -0.1) is 0 Å². The number of nitrogens with zero attached hydrogens (tertiary/aromatic N) is 1. The molecule has 0 radical (unpaired) electrons. The molecular formula is C17H24FNO. The minimum Gasteiger partial charge on any atom is -0.389 e. The van der Waals surface area contributed by atoms with Gasteiger partial charge in [0.1, 0.15) is 5.82 Å². The summed E-state index contributed by atoms with van der Waals surface area (Å²) in [5, 5.41) is 9.52. The monoisotopic (exact) mass is 277 g/mol. The lowest BCUT2D eigenvalue weighted by atomic mass is 9.75. The van der Waals surface area contributed by atoms with Gasteiger partial charge in [-0.25, -0.2) is 4.39 Å². The molecule has 1 saturated heterocycles. The molecule has 1 heterocycles. The van der Waals surface area contributed by atoms with Crippen LogP contribution in [0.15, 0.2) is 18.2 Å². The Labute approximate surface area is 120 Å². The predicted molar refractivity (Wildman–Crippen MR) is 79.3 cm³/mol. The van der Waals surface area contributed by atoms with Crippen molar-refractivity contribution in [3.05, 3.63) is 29.6 Å². The van der Waals surface area contributed by atoms with Crippen molar-refractivity contribution in [1.82, 2.24) is 0 Å². The third-order valence-corrected chi connectivity index (χ3v) is 5.09. The number of fused-ring (bicyclic) bond motifs is 1. The van der Waals surface area contributed by atoms with Crippen LogP contribution >= 0.6 is 0 Å². The Morgan fingerprint density at radius 2 is 1.95 bits per heavy atom. The minimum absolute atomic E-state index is 0.197. The van der Waals surface area contributed by atoms with Gasteiger partial charge in [0.15, 0.2) is 0 Å². The van der Waals surface area contributed by atoms with Crippen molar-refractivity contribution in [3.63, 3.8) is 0 Å². The molecule has 0 spiro atoms. The maximum absolute atomic E-state index is 14.3. The van der Waals surface area contributed by atoms with E-state index >= 15 is 0 Å². The summed E-state index contributed by atoms with van der Waals surface area (Å²) < 4.78 is 14.3. The highest BCUT2D eigenvalue weighted by molar-refractivity contribution is 5.50. The number of anilines is 1. The highest BCUT2D eigenvalue weighted by atomic mass is 19.1. The fourth-order valence-corrected chi connectivity index (χ4v) is 3.86. The zero-order valence-electron chi connectivity index (χ0n) is 12.2. The number of hydrogen-bond acceptors (Lipinski definition) is 2. The quantitative estimate of drug-likeness (QED) is 0.886. The molecule has 0 aromatic heterocycles. The topological polar surface area (TPSA) is 23.5 Å². The summed E-state index contributed by atoms with van der Waals surface area (Å²) in [6.45, 7) is 3.63. The second-order valence-electron chi connectivity index (χ2n) is 6.43. The molecule has 1 aromatic carbocycles. The van der Waals surface area contributed by atoms with E-state index in [1.165, 1.54) is 38.2 Å². The van der Waals surface area contributed by atoms with E-state index < -0.39 is 6.10 Å². The molecule has 1 aromatic rings. The Kier molecular flexibility index (Phi) is 3.97. The van der Waals surface area contributed by atoms with Crippen LogP contribution in [-0.4, -0.2) is 18.2 Å². The predicted octanol–water partition coefficient (Wildman–Crippen LogP) is 3.90. The highest BCUT2D eigenvalue weighted by Gasteiger charge is 2.31. The smallest absolute Gasteiger partial charge is 0.146 e. The number of aliphatic hydroxyl groups excluding tert-OH is 1. The molecule has 1 aliphatic carbocycles.